The van der Waals surface area contributed by atoms with Crippen molar-refractivity contribution in [3.8, 4) is 0 Å². The first-order valence-corrected chi connectivity index (χ1v) is 5.23. The van der Waals surface area contributed by atoms with Crippen LogP contribution in [0.15, 0.2) is 6.33 Å². The summed E-state index contributed by atoms with van der Waals surface area (Å²) in [5, 5.41) is 27.4. The summed E-state index contributed by atoms with van der Waals surface area (Å²) in [7, 11) is 0. The van der Waals surface area contributed by atoms with Crippen LogP contribution in [0, 0.1) is 0 Å². The van der Waals surface area contributed by atoms with Gasteiger partial charge in [0.1, 0.15) is 12.4 Å². The van der Waals surface area contributed by atoms with Crippen LogP contribution in [-0.2, 0) is 11.3 Å². The Hall–Kier alpha value is -2.46. The van der Waals surface area contributed by atoms with Gasteiger partial charge in [0.2, 0.25) is 5.95 Å². The van der Waals surface area contributed by atoms with Crippen molar-refractivity contribution in [2.24, 2.45) is 0 Å². The number of nitrogens with two attached hydrogens (primary N) is 2. The summed E-state index contributed by atoms with van der Waals surface area (Å²) in [5.74, 6) is -1.44. The summed E-state index contributed by atoms with van der Waals surface area (Å²) in [6, 6.07) is 0. The Morgan fingerprint density at radius 3 is 2.68 bits per heavy atom. The highest BCUT2D eigenvalue weighted by Gasteiger charge is 2.25. The van der Waals surface area contributed by atoms with Crippen LogP contribution in [0.2, 0.25) is 0 Å². The van der Waals surface area contributed by atoms with Crippen molar-refractivity contribution in [1.82, 2.24) is 19.5 Å². The molecule has 0 bridgehead atoms. The first kappa shape index (κ1) is 13.0. The Kier molecular flexibility index (Phi) is 3.19. The number of carboxylic acid groups (broad SMARTS) is 1. The molecule has 2 aromatic rings. The third-order valence-corrected chi connectivity index (χ3v) is 2.58. The first-order valence-electron chi connectivity index (χ1n) is 5.23. The summed E-state index contributed by atoms with van der Waals surface area (Å²) in [4.78, 5) is 22.1. The first-order chi connectivity index (χ1) is 8.91. The van der Waals surface area contributed by atoms with Crippen LogP contribution >= 0.6 is 0 Å². The normalized spacial score (nSPS) is 14.4. The van der Waals surface area contributed by atoms with Crippen molar-refractivity contribution in [3.63, 3.8) is 0 Å². The maximum Gasteiger partial charge on any atom is 0.335 e. The van der Waals surface area contributed by atoms with Crippen molar-refractivity contribution in [1.29, 1.82) is 0 Å². The predicted molar refractivity (Wildman–Crippen MR) is 63.8 cm³/mol. The lowest BCUT2D eigenvalue weighted by Gasteiger charge is -2.15. The Balaban J connectivity index is 2.38. The highest BCUT2D eigenvalue weighted by atomic mass is 16.4. The summed E-state index contributed by atoms with van der Waals surface area (Å²) < 4.78 is 1.25. The zero-order valence-electron chi connectivity index (χ0n) is 9.63. The number of aliphatic carboxylic acids is 1. The standard InChI is InChI=1S/C9H12N6O4/c10-6-4-7(13-2-12-6)15(9(11)14-4)1-3(16)5(17)8(18)19/h2-3,5,16-17H,1H2,(H2,11,14)(H,18,19)(H2,10,12,13)/t3-,5-/m1/s1. The summed E-state index contributed by atoms with van der Waals surface area (Å²) in [6.07, 6.45) is -2.31. The van der Waals surface area contributed by atoms with Gasteiger partial charge in [0.25, 0.3) is 0 Å². The molecule has 102 valence electrons. The molecule has 19 heavy (non-hydrogen) atoms. The van der Waals surface area contributed by atoms with E-state index >= 15 is 0 Å². The van der Waals surface area contributed by atoms with E-state index in [0.717, 1.165) is 0 Å². The van der Waals surface area contributed by atoms with Crippen LogP contribution in [0.3, 0.4) is 0 Å². The molecule has 7 N–H and O–H groups in total. The molecule has 0 aliphatic heterocycles. The van der Waals surface area contributed by atoms with Crippen molar-refractivity contribution in [2.45, 2.75) is 18.8 Å². The van der Waals surface area contributed by atoms with E-state index in [9.17, 15) is 15.0 Å². The molecule has 0 spiro atoms. The molecule has 0 radical (unpaired) electrons. The van der Waals surface area contributed by atoms with E-state index in [-0.39, 0.29) is 29.5 Å². The highest BCUT2D eigenvalue weighted by Crippen LogP contribution is 2.19. The van der Waals surface area contributed by atoms with E-state index in [4.69, 9.17) is 16.6 Å². The zero-order valence-corrected chi connectivity index (χ0v) is 9.63. The smallest absolute Gasteiger partial charge is 0.335 e. The van der Waals surface area contributed by atoms with E-state index in [0.29, 0.717) is 0 Å². The second kappa shape index (κ2) is 4.66. The Bertz CT molecular complexity index is 626. The zero-order chi connectivity index (χ0) is 14.2. The summed E-state index contributed by atoms with van der Waals surface area (Å²) in [5.41, 5.74) is 11.7. The number of aromatic nitrogens is 4. The van der Waals surface area contributed by atoms with E-state index < -0.39 is 18.2 Å². The molecule has 2 aromatic heterocycles. The third-order valence-electron chi connectivity index (χ3n) is 2.58. The quantitative estimate of drug-likeness (QED) is 0.412. The van der Waals surface area contributed by atoms with Crippen LogP contribution in [0.1, 0.15) is 0 Å². The van der Waals surface area contributed by atoms with E-state index in [1.165, 1.54) is 10.9 Å². The van der Waals surface area contributed by atoms with E-state index in [1.54, 1.807) is 0 Å². The van der Waals surface area contributed by atoms with Crippen LogP contribution in [0.5, 0.6) is 0 Å². The number of rotatable bonds is 4. The Morgan fingerprint density at radius 2 is 2.05 bits per heavy atom. The highest BCUT2D eigenvalue weighted by molar-refractivity contribution is 5.83. The van der Waals surface area contributed by atoms with Crippen molar-refractivity contribution < 1.29 is 20.1 Å². The molecule has 0 fully saturated rings. The second-order valence-electron chi connectivity index (χ2n) is 3.86. The second-order valence-corrected chi connectivity index (χ2v) is 3.86. The fourth-order valence-electron chi connectivity index (χ4n) is 1.60. The number of imidazole rings is 1. The van der Waals surface area contributed by atoms with Gasteiger partial charge in [-0.2, -0.15) is 0 Å². The fourth-order valence-corrected chi connectivity index (χ4v) is 1.60. The fraction of sp³-hybridized carbons (Fsp3) is 0.333. The van der Waals surface area contributed by atoms with Crippen molar-refractivity contribution >= 4 is 28.9 Å². The predicted octanol–water partition coefficient (Wildman–Crippen LogP) is -2.20. The van der Waals surface area contributed by atoms with Crippen molar-refractivity contribution in [3.05, 3.63) is 6.33 Å². The average Bonchev–Trinajstić information content (AvgIpc) is 2.67. The molecule has 2 atom stereocenters. The number of carbonyl (C=O) groups is 1. The van der Waals surface area contributed by atoms with Gasteiger partial charge in [0, 0.05) is 0 Å². The summed E-state index contributed by atoms with van der Waals surface area (Å²) in [6.45, 7) is -0.285. The SMILES string of the molecule is Nc1ncnc2c1nc(N)n2C[C@@H](O)[C@@H](O)C(=O)O. The van der Waals surface area contributed by atoms with Gasteiger partial charge in [-0.25, -0.2) is 19.7 Å². The molecule has 2 heterocycles. The minimum atomic E-state index is -1.93. The molecule has 10 nitrogen and oxygen atoms in total. The molecule has 2 rings (SSSR count). The molecule has 0 unspecified atom stereocenters. The van der Waals surface area contributed by atoms with Crippen LogP contribution in [0.25, 0.3) is 11.2 Å². The molecule has 10 heteroatoms. The number of hydrogen-bond acceptors (Lipinski definition) is 8. The van der Waals surface area contributed by atoms with Crippen LogP contribution in [0.4, 0.5) is 11.8 Å². The van der Waals surface area contributed by atoms with Gasteiger partial charge in [-0.1, -0.05) is 0 Å². The minimum Gasteiger partial charge on any atom is -0.479 e. The largest absolute Gasteiger partial charge is 0.479 e. The van der Waals surface area contributed by atoms with Gasteiger partial charge in [0.05, 0.1) is 6.54 Å². The lowest BCUT2D eigenvalue weighted by Crippen LogP contribution is -2.37. The molecular formula is C9H12N6O4. The van der Waals surface area contributed by atoms with Crippen LogP contribution in [-0.4, -0.2) is 53.0 Å². The third kappa shape index (κ3) is 2.26. The summed E-state index contributed by atoms with van der Waals surface area (Å²) >= 11 is 0. The number of nitrogen functional groups attached to an aromatic ring is 2. The topological polar surface area (TPSA) is 173 Å². The number of aliphatic hydroxyl groups is 2. The number of carboxylic acids is 1. The Labute approximate surface area is 106 Å². The number of nitrogens with zero attached hydrogens (tertiary/aromatic N) is 4. The van der Waals surface area contributed by atoms with E-state index in [1.807, 2.05) is 0 Å². The average molecular weight is 268 g/mol. The molecule has 0 aliphatic carbocycles. The van der Waals surface area contributed by atoms with Gasteiger partial charge in [-0.3, -0.25) is 4.57 Å². The Morgan fingerprint density at radius 1 is 1.37 bits per heavy atom. The molecule has 0 amide bonds. The lowest BCUT2D eigenvalue weighted by atomic mass is 10.2. The number of fused-ring (bicyclic) bond motifs is 1. The van der Waals surface area contributed by atoms with Gasteiger partial charge in [-0.15, -0.1) is 0 Å². The number of anilines is 2. The molecule has 0 aromatic carbocycles. The van der Waals surface area contributed by atoms with Crippen LogP contribution < -0.4 is 11.5 Å². The van der Waals surface area contributed by atoms with E-state index in [2.05, 4.69) is 15.0 Å². The maximum atomic E-state index is 10.6. The number of hydrogen-bond donors (Lipinski definition) is 5. The van der Waals surface area contributed by atoms with Crippen molar-refractivity contribution in [2.75, 3.05) is 11.5 Å². The molecular weight excluding hydrogens is 256 g/mol. The van der Waals surface area contributed by atoms with Gasteiger partial charge < -0.3 is 26.8 Å². The molecule has 0 saturated heterocycles. The monoisotopic (exact) mass is 268 g/mol. The van der Waals surface area contributed by atoms with Gasteiger partial charge >= 0.3 is 5.97 Å². The van der Waals surface area contributed by atoms with Gasteiger partial charge in [-0.05, 0) is 0 Å². The molecule has 0 saturated carbocycles. The van der Waals surface area contributed by atoms with Gasteiger partial charge in [0.15, 0.2) is 23.1 Å². The lowest BCUT2D eigenvalue weighted by molar-refractivity contribution is -0.153. The minimum absolute atomic E-state index is 0.0150. The molecule has 0 aliphatic rings. The maximum absolute atomic E-state index is 10.6. The number of aliphatic hydroxyl groups excluding tert-OH is 2.